The van der Waals surface area contributed by atoms with E-state index >= 15 is 0 Å². The molecule has 0 bridgehead atoms. The first-order valence-electron chi connectivity index (χ1n) is 16.1. The standard InChI is InChI=1S/C37H42Cl2N4O7/c1-24-31(6-3-8-34(24)48-10-4-9-41-18-30(47)21-46)32-7-2-5-27(37(32)39)23-50-36-13-35(49-22-26-11-25(14-40)15-42-16-26)28(12-33(36)38)17-43-29(19-44)20-45/h2-3,5-8,11-13,15-16,29-30,41,43-47H,4,9-10,17-23H2,1H3. The second-order valence-electron chi connectivity index (χ2n) is 11.6. The van der Waals surface area contributed by atoms with Gasteiger partial charge in [-0.25, -0.2) is 0 Å². The highest BCUT2D eigenvalue weighted by Crippen LogP contribution is 2.38. The Kier molecular flexibility index (Phi) is 15.6. The molecule has 0 radical (unpaired) electrons. The van der Waals surface area contributed by atoms with Crippen molar-refractivity contribution in [3.05, 3.63) is 105 Å². The number of nitriles is 1. The third kappa shape index (κ3) is 11.0. The van der Waals surface area contributed by atoms with E-state index in [9.17, 15) is 20.6 Å². The average Bonchev–Trinajstić information content (AvgIpc) is 3.13. The smallest absolute Gasteiger partial charge is 0.142 e. The van der Waals surface area contributed by atoms with Gasteiger partial charge in [-0.05, 0) is 49.2 Å². The predicted octanol–water partition coefficient (Wildman–Crippen LogP) is 4.55. The highest BCUT2D eigenvalue weighted by atomic mass is 35.5. The van der Waals surface area contributed by atoms with Crippen molar-refractivity contribution in [2.45, 2.75) is 45.2 Å². The van der Waals surface area contributed by atoms with E-state index in [0.29, 0.717) is 57.9 Å². The normalized spacial score (nSPS) is 11.7. The van der Waals surface area contributed by atoms with Gasteiger partial charge in [0, 0.05) is 53.8 Å². The molecule has 0 aliphatic carbocycles. The van der Waals surface area contributed by atoms with Gasteiger partial charge in [0.05, 0.1) is 54.2 Å². The third-order valence-electron chi connectivity index (χ3n) is 7.84. The molecule has 1 heterocycles. The number of nitrogens with one attached hydrogen (secondary N) is 2. The minimum atomic E-state index is -0.778. The maximum atomic E-state index is 9.51. The number of halogens is 2. The highest BCUT2D eigenvalue weighted by molar-refractivity contribution is 6.34. The van der Waals surface area contributed by atoms with Gasteiger partial charge in [0.15, 0.2) is 0 Å². The van der Waals surface area contributed by atoms with Crippen LogP contribution >= 0.6 is 23.2 Å². The summed E-state index contributed by atoms with van der Waals surface area (Å²) in [5, 5.41) is 53.7. The minimum absolute atomic E-state index is 0.113. The molecular formula is C37H42Cl2N4O7. The fourth-order valence-corrected chi connectivity index (χ4v) is 5.54. The van der Waals surface area contributed by atoms with Crippen molar-refractivity contribution in [3.63, 3.8) is 0 Å². The Morgan fingerprint density at radius 2 is 1.62 bits per heavy atom. The van der Waals surface area contributed by atoms with Crippen LogP contribution in [0.1, 0.15) is 34.2 Å². The summed E-state index contributed by atoms with van der Waals surface area (Å²) in [6, 6.07) is 18.2. The summed E-state index contributed by atoms with van der Waals surface area (Å²) in [7, 11) is 0. The molecule has 4 rings (SSSR count). The quantitative estimate of drug-likeness (QED) is 0.0708. The summed E-state index contributed by atoms with van der Waals surface area (Å²) in [5.74, 6) is 1.56. The summed E-state index contributed by atoms with van der Waals surface area (Å²) in [4.78, 5) is 4.09. The first-order chi connectivity index (χ1) is 24.3. The summed E-state index contributed by atoms with van der Waals surface area (Å²) in [6.07, 6.45) is 3.03. The van der Waals surface area contributed by atoms with Crippen LogP contribution in [0.2, 0.25) is 10.0 Å². The molecule has 0 aliphatic heterocycles. The molecule has 1 unspecified atom stereocenters. The van der Waals surface area contributed by atoms with Gasteiger partial charge in [0.1, 0.15) is 36.5 Å². The molecule has 11 nitrogen and oxygen atoms in total. The van der Waals surface area contributed by atoms with Crippen molar-refractivity contribution in [2.24, 2.45) is 0 Å². The Morgan fingerprint density at radius 1 is 0.860 bits per heavy atom. The van der Waals surface area contributed by atoms with Crippen molar-refractivity contribution in [2.75, 3.05) is 39.5 Å². The van der Waals surface area contributed by atoms with Crippen LogP contribution in [-0.4, -0.2) is 77.1 Å². The van der Waals surface area contributed by atoms with Crippen LogP contribution in [0, 0.1) is 18.3 Å². The SMILES string of the molecule is Cc1c(OCCCNCC(O)CO)cccc1-c1cccc(COc2cc(OCc3cncc(C#N)c3)c(CNC(CO)CO)cc2Cl)c1Cl. The fraction of sp³-hybridized carbons (Fsp3) is 0.351. The van der Waals surface area contributed by atoms with Crippen molar-refractivity contribution in [1.29, 1.82) is 5.26 Å². The molecular weight excluding hydrogens is 683 g/mol. The topological polar surface area (TPSA) is 169 Å². The van der Waals surface area contributed by atoms with Gasteiger partial charge in [0.2, 0.25) is 0 Å². The van der Waals surface area contributed by atoms with Gasteiger partial charge < -0.3 is 45.3 Å². The molecule has 6 N–H and O–H groups in total. The number of nitrogens with zero attached hydrogens (tertiary/aromatic N) is 2. The van der Waals surface area contributed by atoms with Gasteiger partial charge >= 0.3 is 0 Å². The van der Waals surface area contributed by atoms with Crippen LogP contribution in [0.5, 0.6) is 17.2 Å². The molecule has 0 amide bonds. The van der Waals surface area contributed by atoms with Crippen molar-refractivity contribution >= 4 is 23.2 Å². The molecule has 266 valence electrons. The van der Waals surface area contributed by atoms with E-state index in [1.165, 1.54) is 6.20 Å². The van der Waals surface area contributed by atoms with Crippen LogP contribution in [0.4, 0.5) is 0 Å². The zero-order chi connectivity index (χ0) is 35.9. The van der Waals surface area contributed by atoms with E-state index in [1.54, 1.807) is 24.4 Å². The lowest BCUT2D eigenvalue weighted by atomic mass is 9.98. The lowest BCUT2D eigenvalue weighted by Crippen LogP contribution is -2.35. The highest BCUT2D eigenvalue weighted by Gasteiger charge is 2.17. The molecule has 13 heteroatoms. The molecule has 1 atom stereocenters. The maximum absolute atomic E-state index is 9.51. The van der Waals surface area contributed by atoms with Gasteiger partial charge in [-0.2, -0.15) is 5.26 Å². The number of aliphatic hydroxyl groups is 4. The molecule has 1 aromatic heterocycles. The zero-order valence-electron chi connectivity index (χ0n) is 27.7. The molecule has 0 spiro atoms. The van der Waals surface area contributed by atoms with E-state index in [1.807, 2.05) is 43.3 Å². The Labute approximate surface area is 302 Å². The molecule has 0 saturated heterocycles. The van der Waals surface area contributed by atoms with Crippen LogP contribution in [0.3, 0.4) is 0 Å². The van der Waals surface area contributed by atoms with Gasteiger partial charge in [-0.1, -0.05) is 53.5 Å². The van der Waals surface area contributed by atoms with Crippen LogP contribution < -0.4 is 24.8 Å². The lowest BCUT2D eigenvalue weighted by Gasteiger charge is -2.19. The largest absolute Gasteiger partial charge is 0.493 e. The Hall–Kier alpha value is -3.96. The molecule has 0 aliphatic rings. The summed E-state index contributed by atoms with van der Waals surface area (Å²) >= 11 is 13.6. The molecule has 0 saturated carbocycles. The lowest BCUT2D eigenvalue weighted by molar-refractivity contribution is 0.0942. The van der Waals surface area contributed by atoms with Crippen molar-refractivity contribution in [1.82, 2.24) is 15.6 Å². The Bertz CT molecular complexity index is 1730. The first kappa shape index (κ1) is 38.8. The molecule has 3 aromatic carbocycles. The second-order valence-corrected chi connectivity index (χ2v) is 12.3. The molecule has 4 aromatic rings. The summed E-state index contributed by atoms with van der Waals surface area (Å²) in [6.45, 7) is 3.13. The van der Waals surface area contributed by atoms with E-state index in [4.69, 9.17) is 42.5 Å². The number of rotatable bonds is 20. The Balaban J connectivity index is 1.49. The zero-order valence-corrected chi connectivity index (χ0v) is 29.3. The number of ether oxygens (including phenoxy) is 3. The van der Waals surface area contributed by atoms with E-state index in [-0.39, 0.29) is 39.6 Å². The second kappa shape index (κ2) is 20.0. The predicted molar refractivity (Wildman–Crippen MR) is 192 cm³/mol. The van der Waals surface area contributed by atoms with Gasteiger partial charge in [-0.3, -0.25) is 4.98 Å². The van der Waals surface area contributed by atoms with Crippen molar-refractivity contribution < 1.29 is 34.6 Å². The maximum Gasteiger partial charge on any atom is 0.142 e. The summed E-state index contributed by atoms with van der Waals surface area (Å²) < 4.78 is 18.4. The van der Waals surface area contributed by atoms with E-state index in [2.05, 4.69) is 21.7 Å². The number of benzene rings is 3. The van der Waals surface area contributed by atoms with E-state index < -0.39 is 12.1 Å². The number of hydrogen-bond donors (Lipinski definition) is 6. The van der Waals surface area contributed by atoms with Gasteiger partial charge in [-0.15, -0.1) is 0 Å². The summed E-state index contributed by atoms with van der Waals surface area (Å²) in [5.41, 5.74) is 5.20. The first-order valence-corrected chi connectivity index (χ1v) is 16.9. The number of pyridine rings is 1. The molecule has 0 fully saturated rings. The number of aliphatic hydroxyl groups excluding tert-OH is 4. The average molecular weight is 726 g/mol. The monoisotopic (exact) mass is 724 g/mol. The van der Waals surface area contributed by atoms with Crippen LogP contribution in [-0.2, 0) is 19.8 Å². The number of aromatic nitrogens is 1. The fourth-order valence-electron chi connectivity index (χ4n) is 5.02. The van der Waals surface area contributed by atoms with Crippen LogP contribution in [0.15, 0.2) is 67.0 Å². The Morgan fingerprint density at radius 3 is 2.38 bits per heavy atom. The van der Waals surface area contributed by atoms with E-state index in [0.717, 1.165) is 34.4 Å². The minimum Gasteiger partial charge on any atom is -0.493 e. The van der Waals surface area contributed by atoms with Gasteiger partial charge in [0.25, 0.3) is 0 Å². The molecule has 50 heavy (non-hydrogen) atoms. The number of hydrogen-bond acceptors (Lipinski definition) is 11. The van der Waals surface area contributed by atoms with Crippen LogP contribution in [0.25, 0.3) is 11.1 Å². The third-order valence-corrected chi connectivity index (χ3v) is 8.58. The van der Waals surface area contributed by atoms with Crippen molar-refractivity contribution in [3.8, 4) is 34.4 Å².